The van der Waals surface area contributed by atoms with Crippen LogP contribution in [0.1, 0.15) is 83.8 Å². The monoisotopic (exact) mass is 833 g/mol. The van der Waals surface area contributed by atoms with Gasteiger partial charge >= 0.3 is 5.97 Å². The molecule has 5 N–H and O–H groups in total. The standard InChI is InChI=1S/C34H44N2O14S4/c1-5-17-34(4)29(35(19-11-20-51(39,40)41)24-12-9-13-26(32(24)34)53(45,46)47)15-10-14-28-33(2,3)31-25(36(28)18-8-6-7-16-30(37)38)21-23(52(42,43)44)22-27(31)54(48,49)50/h9-10,12-15,21-22H,5-8,11,16-20H2,1-4H3,(H4-,37,38,39,40,41,42,43,44,45,46,47,48,49,50)/p+1. The Morgan fingerprint density at radius 3 is 2.04 bits per heavy atom. The molecule has 20 heteroatoms. The molecule has 2 aliphatic rings. The maximum absolute atomic E-state index is 12.7. The van der Waals surface area contributed by atoms with Crippen molar-refractivity contribution in [1.82, 2.24) is 0 Å². The number of benzene rings is 2. The van der Waals surface area contributed by atoms with Crippen molar-refractivity contribution in [2.75, 3.05) is 23.7 Å². The molecule has 1 unspecified atom stereocenters. The number of carboxylic acids is 1. The highest BCUT2D eigenvalue weighted by Crippen LogP contribution is 2.53. The zero-order valence-electron chi connectivity index (χ0n) is 30.1. The first-order chi connectivity index (χ1) is 24.7. The predicted molar refractivity (Wildman–Crippen MR) is 199 cm³/mol. The van der Waals surface area contributed by atoms with Crippen molar-refractivity contribution in [3.8, 4) is 0 Å². The summed E-state index contributed by atoms with van der Waals surface area (Å²) in [6.07, 6.45) is 6.83. The number of rotatable bonds is 17. The smallest absolute Gasteiger partial charge is 0.303 e. The number of carboxylic acid groups (broad SMARTS) is 1. The summed E-state index contributed by atoms with van der Waals surface area (Å²) < 4.78 is 140. The highest BCUT2D eigenvalue weighted by molar-refractivity contribution is 7.87. The highest BCUT2D eigenvalue weighted by Gasteiger charge is 2.49. The second kappa shape index (κ2) is 15.6. The average molecular weight is 834 g/mol. The van der Waals surface area contributed by atoms with Crippen molar-refractivity contribution < 1.29 is 66.4 Å². The number of carbonyl (C=O) groups is 1. The number of fused-ring (bicyclic) bond motifs is 2. The number of hydrogen-bond donors (Lipinski definition) is 5. The van der Waals surface area contributed by atoms with Gasteiger partial charge in [0.2, 0.25) is 5.69 Å². The predicted octanol–water partition coefficient (Wildman–Crippen LogP) is 4.74. The van der Waals surface area contributed by atoms with Crippen LogP contribution in [0.5, 0.6) is 0 Å². The van der Waals surface area contributed by atoms with E-state index >= 15 is 0 Å². The molecule has 4 rings (SSSR count). The molecule has 0 aromatic heterocycles. The van der Waals surface area contributed by atoms with Crippen molar-refractivity contribution in [1.29, 1.82) is 0 Å². The van der Waals surface area contributed by atoms with E-state index in [1.165, 1.54) is 12.1 Å². The molecular formula is C34H45N2O14S4+. The maximum Gasteiger partial charge on any atom is 0.303 e. The largest absolute Gasteiger partial charge is 0.481 e. The van der Waals surface area contributed by atoms with Crippen LogP contribution in [0.15, 0.2) is 68.9 Å². The molecule has 2 aromatic rings. The summed E-state index contributed by atoms with van der Waals surface area (Å²) in [6, 6.07) is 6.12. The number of aliphatic carboxylic acids is 1. The molecule has 2 heterocycles. The fourth-order valence-corrected chi connectivity index (χ4v) is 10.4. The minimum Gasteiger partial charge on any atom is -0.481 e. The van der Waals surface area contributed by atoms with Gasteiger partial charge in [0.25, 0.3) is 40.5 Å². The van der Waals surface area contributed by atoms with E-state index in [0.29, 0.717) is 60.8 Å². The zero-order chi connectivity index (χ0) is 40.7. The van der Waals surface area contributed by atoms with Gasteiger partial charge in [-0.2, -0.15) is 38.2 Å². The summed E-state index contributed by atoms with van der Waals surface area (Å²) in [6.45, 7) is 7.13. The molecule has 2 aromatic carbocycles. The normalized spacial score (nSPS) is 19.6. The Balaban J connectivity index is 1.96. The van der Waals surface area contributed by atoms with Gasteiger partial charge in [-0.3, -0.25) is 23.0 Å². The number of hydrogen-bond acceptors (Lipinski definition) is 10. The van der Waals surface area contributed by atoms with E-state index in [0.717, 1.165) is 6.07 Å². The van der Waals surface area contributed by atoms with Gasteiger partial charge in [-0.25, -0.2) is 0 Å². The van der Waals surface area contributed by atoms with E-state index in [-0.39, 0.29) is 42.1 Å². The third-order valence-corrected chi connectivity index (χ3v) is 13.2. The third kappa shape index (κ3) is 9.13. The first-order valence-electron chi connectivity index (χ1n) is 17.0. The van der Waals surface area contributed by atoms with E-state index in [2.05, 4.69) is 0 Å². The molecule has 0 bridgehead atoms. The van der Waals surface area contributed by atoms with Crippen LogP contribution in [0.3, 0.4) is 0 Å². The Kier molecular flexibility index (Phi) is 12.5. The Morgan fingerprint density at radius 1 is 0.833 bits per heavy atom. The van der Waals surface area contributed by atoms with Gasteiger partial charge in [-0.1, -0.05) is 25.5 Å². The van der Waals surface area contributed by atoms with Crippen LogP contribution in [-0.4, -0.2) is 92.1 Å². The molecule has 54 heavy (non-hydrogen) atoms. The van der Waals surface area contributed by atoms with Gasteiger partial charge in [0.05, 0.1) is 16.7 Å². The molecular weight excluding hydrogens is 789 g/mol. The van der Waals surface area contributed by atoms with Gasteiger partial charge in [0.15, 0.2) is 5.71 Å². The first-order valence-corrected chi connectivity index (χ1v) is 22.9. The molecule has 298 valence electrons. The highest BCUT2D eigenvalue weighted by atomic mass is 32.2. The van der Waals surface area contributed by atoms with Crippen LogP contribution < -0.4 is 4.90 Å². The van der Waals surface area contributed by atoms with Crippen LogP contribution >= 0.6 is 0 Å². The lowest BCUT2D eigenvalue weighted by atomic mass is 9.77. The van der Waals surface area contributed by atoms with Crippen LogP contribution in [-0.2, 0) is 56.1 Å². The first kappa shape index (κ1) is 43.2. The lowest BCUT2D eigenvalue weighted by molar-refractivity contribution is -0.438. The lowest BCUT2D eigenvalue weighted by Gasteiger charge is -2.30. The van der Waals surface area contributed by atoms with Gasteiger partial charge < -0.3 is 10.0 Å². The summed E-state index contributed by atoms with van der Waals surface area (Å²) in [5.74, 6) is -1.57. The fourth-order valence-electron chi connectivity index (χ4n) is 7.60. The fraction of sp³-hybridized carbons (Fsp3) is 0.471. The van der Waals surface area contributed by atoms with E-state index in [1.54, 1.807) is 54.5 Å². The van der Waals surface area contributed by atoms with E-state index in [1.807, 2.05) is 6.92 Å². The Hall–Kier alpha value is -3.50. The van der Waals surface area contributed by atoms with Gasteiger partial charge in [-0.05, 0) is 70.7 Å². The second-order valence-electron chi connectivity index (χ2n) is 14.0. The number of nitrogens with zero attached hydrogens (tertiary/aromatic N) is 2. The maximum atomic E-state index is 12.7. The van der Waals surface area contributed by atoms with Gasteiger partial charge in [0.1, 0.15) is 21.2 Å². The van der Waals surface area contributed by atoms with Gasteiger partial charge in [-0.15, -0.1) is 0 Å². The number of allylic oxidation sites excluding steroid dienone is 4. The molecule has 2 aliphatic heterocycles. The Bertz CT molecular complexity index is 2380. The molecule has 0 fully saturated rings. The SMILES string of the molecule is CCCC1(C)/C(=C\C=C\C2=[N+](CCCCCC(=O)O)c3cc(S(=O)(=O)O)cc(S(=O)(=O)O)c3C2(C)C)N(CCCS(=O)(=O)O)c2cccc(S(=O)(=O)O)c21. The third-order valence-electron chi connectivity index (χ3n) is 9.77. The van der Waals surface area contributed by atoms with E-state index in [9.17, 15) is 56.7 Å². The van der Waals surface area contributed by atoms with E-state index < -0.39 is 72.8 Å². The second-order valence-corrected chi connectivity index (χ2v) is 19.8. The van der Waals surface area contributed by atoms with Crippen LogP contribution in [0.25, 0.3) is 0 Å². The molecule has 0 radical (unpaired) electrons. The van der Waals surface area contributed by atoms with Crippen molar-refractivity contribution in [2.45, 2.75) is 98.2 Å². The van der Waals surface area contributed by atoms with Crippen molar-refractivity contribution in [3.05, 3.63) is 65.4 Å². The van der Waals surface area contributed by atoms with Crippen LogP contribution in [0, 0.1) is 0 Å². The number of anilines is 1. The molecule has 16 nitrogen and oxygen atoms in total. The lowest BCUT2D eigenvalue weighted by Crippen LogP contribution is -2.31. The number of unbranched alkanes of at least 4 members (excludes halogenated alkanes) is 2. The van der Waals surface area contributed by atoms with Crippen LogP contribution in [0.4, 0.5) is 11.4 Å². The summed E-state index contributed by atoms with van der Waals surface area (Å²) in [4.78, 5) is 11.0. The van der Waals surface area contributed by atoms with Crippen molar-refractivity contribution >= 4 is 63.5 Å². The van der Waals surface area contributed by atoms with Gasteiger partial charge in [0, 0.05) is 53.9 Å². The molecule has 0 aliphatic carbocycles. The molecule has 0 saturated carbocycles. The topological polar surface area (TPSA) is 261 Å². The summed E-state index contributed by atoms with van der Waals surface area (Å²) in [5, 5.41) is 9.08. The van der Waals surface area contributed by atoms with E-state index in [4.69, 9.17) is 5.11 Å². The quantitative estimate of drug-likeness (QED) is 0.0819. The molecule has 0 spiro atoms. The Morgan fingerprint density at radius 2 is 1.48 bits per heavy atom. The molecule has 0 saturated heterocycles. The van der Waals surface area contributed by atoms with Crippen molar-refractivity contribution in [2.24, 2.45) is 0 Å². The summed E-state index contributed by atoms with van der Waals surface area (Å²) in [5.41, 5.74) is -0.531. The molecule has 0 amide bonds. The summed E-state index contributed by atoms with van der Waals surface area (Å²) >= 11 is 0. The minimum atomic E-state index is -5.05. The minimum absolute atomic E-state index is 0.0206. The van der Waals surface area contributed by atoms with Crippen LogP contribution in [0.2, 0.25) is 0 Å². The molecule has 1 atom stereocenters. The average Bonchev–Trinajstić information content (AvgIpc) is 3.38. The summed E-state index contributed by atoms with van der Waals surface area (Å²) in [7, 11) is -19.1. The zero-order valence-corrected chi connectivity index (χ0v) is 33.4. The Labute approximate surface area is 315 Å². The van der Waals surface area contributed by atoms with Crippen molar-refractivity contribution in [3.63, 3.8) is 0 Å².